The molecular formula is C45H45F2N11O7. The minimum Gasteiger partial charge on any atom is -0.383 e. The van der Waals surface area contributed by atoms with Crippen LogP contribution >= 0.6 is 0 Å². The van der Waals surface area contributed by atoms with E-state index in [1.54, 1.807) is 47.5 Å². The number of carbonyl (C=O) groups excluding carboxylic acids is 6. The van der Waals surface area contributed by atoms with Gasteiger partial charge in [-0.05, 0) is 86.7 Å². The number of benzene rings is 2. The number of imide groups is 2. The van der Waals surface area contributed by atoms with Crippen LogP contribution in [-0.2, 0) is 19.1 Å². The summed E-state index contributed by atoms with van der Waals surface area (Å²) in [4.78, 5) is 90.3. The maximum Gasteiger partial charge on any atom is 0.274 e. The molecule has 1 unspecified atom stereocenters. The van der Waals surface area contributed by atoms with Crippen LogP contribution in [0.3, 0.4) is 0 Å². The molecule has 0 radical (unpaired) electrons. The topological polar surface area (TPSA) is 213 Å². The zero-order valence-electron chi connectivity index (χ0n) is 35.1. The molecule has 0 aliphatic carbocycles. The standard InChI is InChI=1S/C45H45F2N11O7/c46-26-6-9-32(47)31(23-26)35-4-2-17-56(35)38-14-20-57-41(53-38)34(25-49-57)52-42(61)33-3-1-5-37(51-33)50-27-12-18-55(19-13-27)40(60)15-21-65-22-16-48-28-7-8-29-30(24-28)45(64)58(44(29)63)36-10-11-39(59)54-43(36)62/h1,3,5-9,14,20,23-25,27,35-36,48H,2,4,10-13,15-19,21-22H2,(H,50,51)(H,52,61)(H,54,59,62)/t35-,36?/m1/s1. The highest BCUT2D eigenvalue weighted by molar-refractivity contribution is 6.23. The second-order valence-electron chi connectivity index (χ2n) is 16.3. The molecule has 7 heterocycles. The number of aromatic nitrogens is 4. The number of amides is 6. The van der Waals surface area contributed by atoms with E-state index in [1.807, 2.05) is 4.90 Å². The molecule has 3 fully saturated rings. The second-order valence-corrected chi connectivity index (χ2v) is 16.3. The minimum absolute atomic E-state index is 0.0226. The molecule has 6 amide bonds. The van der Waals surface area contributed by atoms with Crippen LogP contribution in [0.25, 0.3) is 5.65 Å². The molecule has 4 aliphatic rings. The van der Waals surface area contributed by atoms with E-state index in [4.69, 9.17) is 9.72 Å². The third-order valence-electron chi connectivity index (χ3n) is 12.1. The predicted molar refractivity (Wildman–Crippen MR) is 231 cm³/mol. The Balaban J connectivity index is 0.706. The maximum absolute atomic E-state index is 14.7. The fourth-order valence-corrected chi connectivity index (χ4v) is 8.82. The Morgan fingerprint density at radius 3 is 2.52 bits per heavy atom. The number of hydrogen-bond acceptors (Lipinski definition) is 13. The Morgan fingerprint density at radius 1 is 0.862 bits per heavy atom. The summed E-state index contributed by atoms with van der Waals surface area (Å²) in [7, 11) is 0. The monoisotopic (exact) mass is 889 g/mol. The Bertz CT molecular complexity index is 2710. The van der Waals surface area contributed by atoms with Crippen molar-refractivity contribution >= 4 is 64.1 Å². The summed E-state index contributed by atoms with van der Waals surface area (Å²) >= 11 is 0. The number of piperidine rings is 2. The third kappa shape index (κ3) is 9.06. The van der Waals surface area contributed by atoms with Crippen molar-refractivity contribution in [1.29, 1.82) is 0 Å². The van der Waals surface area contributed by atoms with Gasteiger partial charge in [-0.2, -0.15) is 5.10 Å². The maximum atomic E-state index is 14.7. The van der Waals surface area contributed by atoms with E-state index in [0.717, 1.165) is 23.5 Å². The van der Waals surface area contributed by atoms with Crippen molar-refractivity contribution in [2.75, 3.05) is 60.2 Å². The van der Waals surface area contributed by atoms with Gasteiger partial charge in [0, 0.05) is 56.1 Å². The predicted octanol–water partition coefficient (Wildman–Crippen LogP) is 4.32. The van der Waals surface area contributed by atoms with Gasteiger partial charge in [-0.3, -0.25) is 39.0 Å². The van der Waals surface area contributed by atoms with E-state index in [2.05, 4.69) is 31.3 Å². The van der Waals surface area contributed by atoms with Gasteiger partial charge in [-0.1, -0.05) is 6.07 Å². The summed E-state index contributed by atoms with van der Waals surface area (Å²) in [5.41, 5.74) is 2.15. The molecule has 5 aromatic rings. The van der Waals surface area contributed by atoms with E-state index in [0.29, 0.717) is 74.1 Å². The summed E-state index contributed by atoms with van der Waals surface area (Å²) in [6.45, 7) is 2.56. The van der Waals surface area contributed by atoms with Gasteiger partial charge in [0.25, 0.3) is 17.7 Å². The van der Waals surface area contributed by atoms with Crippen LogP contribution in [-0.4, -0.2) is 116 Å². The van der Waals surface area contributed by atoms with Gasteiger partial charge in [0.2, 0.25) is 17.7 Å². The molecule has 4 aliphatic heterocycles. The van der Waals surface area contributed by atoms with Crippen LogP contribution in [0.2, 0.25) is 0 Å². The molecule has 4 N–H and O–H groups in total. The summed E-state index contributed by atoms with van der Waals surface area (Å²) in [5, 5.41) is 15.9. The zero-order chi connectivity index (χ0) is 45.2. The number of hydrogen-bond donors (Lipinski definition) is 4. The van der Waals surface area contributed by atoms with E-state index in [-0.39, 0.29) is 66.8 Å². The third-order valence-corrected chi connectivity index (χ3v) is 12.1. The second kappa shape index (κ2) is 18.4. The molecule has 9 rings (SSSR count). The fourth-order valence-electron chi connectivity index (χ4n) is 8.82. The first-order chi connectivity index (χ1) is 31.5. The molecular weight excluding hydrogens is 845 g/mol. The van der Waals surface area contributed by atoms with Crippen LogP contribution in [0, 0.1) is 11.6 Å². The number of nitrogens with zero attached hydrogens (tertiary/aromatic N) is 7. The van der Waals surface area contributed by atoms with Crippen LogP contribution in [0.5, 0.6) is 0 Å². The van der Waals surface area contributed by atoms with Gasteiger partial charge in [-0.25, -0.2) is 23.3 Å². The van der Waals surface area contributed by atoms with Crippen LogP contribution in [0.1, 0.15) is 87.8 Å². The molecule has 0 saturated carbocycles. The lowest BCUT2D eigenvalue weighted by atomic mass is 10.0. The number of pyridine rings is 1. The summed E-state index contributed by atoms with van der Waals surface area (Å²) in [5.74, 6) is -2.66. The molecule has 3 aromatic heterocycles. The van der Waals surface area contributed by atoms with Crippen molar-refractivity contribution in [3.63, 3.8) is 0 Å². The first kappa shape index (κ1) is 42.9. The van der Waals surface area contributed by atoms with Crippen molar-refractivity contribution < 1.29 is 42.3 Å². The number of fused-ring (bicyclic) bond motifs is 2. The van der Waals surface area contributed by atoms with Crippen LogP contribution < -0.4 is 26.2 Å². The molecule has 3 saturated heterocycles. The zero-order valence-corrected chi connectivity index (χ0v) is 35.1. The largest absolute Gasteiger partial charge is 0.383 e. The van der Waals surface area contributed by atoms with Crippen molar-refractivity contribution in [2.24, 2.45) is 0 Å². The molecule has 2 aromatic carbocycles. The molecule has 0 spiro atoms. The van der Waals surface area contributed by atoms with Crippen LogP contribution in [0.4, 0.5) is 31.8 Å². The smallest absolute Gasteiger partial charge is 0.274 e. The Kier molecular flexibility index (Phi) is 12.2. The number of halogens is 2. The van der Waals surface area contributed by atoms with Crippen molar-refractivity contribution in [1.82, 2.24) is 34.7 Å². The first-order valence-corrected chi connectivity index (χ1v) is 21.6. The quantitative estimate of drug-likeness (QED) is 0.0905. The summed E-state index contributed by atoms with van der Waals surface area (Å²) in [6.07, 6.45) is 6.30. The average Bonchev–Trinajstić information content (AvgIpc) is 4.02. The number of nitrogens with one attached hydrogen (secondary N) is 4. The lowest BCUT2D eigenvalue weighted by molar-refractivity contribution is -0.136. The molecule has 20 heteroatoms. The molecule has 0 bridgehead atoms. The first-order valence-electron chi connectivity index (χ1n) is 21.6. The summed E-state index contributed by atoms with van der Waals surface area (Å²) < 4.78 is 36.0. The van der Waals surface area contributed by atoms with Crippen LogP contribution in [0.15, 0.2) is 73.1 Å². The molecule has 18 nitrogen and oxygen atoms in total. The van der Waals surface area contributed by atoms with Gasteiger partial charge in [0.05, 0.1) is 43.0 Å². The van der Waals surface area contributed by atoms with Gasteiger partial charge in [-0.15, -0.1) is 0 Å². The minimum atomic E-state index is -1.03. The summed E-state index contributed by atoms with van der Waals surface area (Å²) in [6, 6.07) is 13.7. The highest BCUT2D eigenvalue weighted by atomic mass is 19.1. The molecule has 2 atom stereocenters. The van der Waals surface area contributed by atoms with Crippen molar-refractivity contribution in [3.8, 4) is 0 Å². The Hall–Kier alpha value is -7.35. The lowest BCUT2D eigenvalue weighted by Gasteiger charge is -2.32. The normalized spacial score (nSPS) is 18.9. The number of likely N-dealkylation sites (tertiary alicyclic amines) is 1. The number of carbonyl (C=O) groups is 6. The SMILES string of the molecule is O=C1CCC(N2C(=O)c3ccc(NCCOCCC(=O)N4CCC(Nc5cccc(C(=O)Nc6cnn7ccc(N8CCC[C@@H]8c8cc(F)ccc8F)nc67)n5)CC4)cc3C2=O)C(=O)N1. The van der Waals surface area contributed by atoms with Gasteiger partial charge >= 0.3 is 0 Å². The van der Waals surface area contributed by atoms with E-state index < -0.39 is 53.3 Å². The van der Waals surface area contributed by atoms with Gasteiger partial charge in [0.15, 0.2) is 5.65 Å². The van der Waals surface area contributed by atoms with Crippen molar-refractivity contribution in [3.05, 3.63) is 107 Å². The van der Waals surface area contributed by atoms with E-state index in [9.17, 15) is 37.5 Å². The highest BCUT2D eigenvalue weighted by Gasteiger charge is 2.44. The van der Waals surface area contributed by atoms with Gasteiger partial charge in [0.1, 0.15) is 40.7 Å². The molecule has 336 valence electrons. The highest BCUT2D eigenvalue weighted by Crippen LogP contribution is 2.37. The van der Waals surface area contributed by atoms with E-state index >= 15 is 0 Å². The number of anilines is 4. The number of ether oxygens (including phenoxy) is 1. The Morgan fingerprint density at radius 2 is 1.69 bits per heavy atom. The van der Waals surface area contributed by atoms with Gasteiger partial charge < -0.3 is 30.5 Å². The molecule has 65 heavy (non-hydrogen) atoms. The number of rotatable bonds is 14. The average molecular weight is 890 g/mol. The Labute approximate surface area is 370 Å². The van der Waals surface area contributed by atoms with Crippen molar-refractivity contribution in [2.45, 2.75) is 63.1 Å². The lowest BCUT2D eigenvalue weighted by Crippen LogP contribution is -2.54. The van der Waals surface area contributed by atoms with E-state index in [1.165, 1.54) is 22.8 Å². The fraction of sp³-hybridized carbons (Fsp3) is 0.356.